The van der Waals surface area contributed by atoms with Crippen molar-refractivity contribution in [1.29, 1.82) is 0 Å². The number of H-pyrrole nitrogens is 1. The van der Waals surface area contributed by atoms with E-state index in [4.69, 9.17) is 0 Å². The molecule has 25 heavy (non-hydrogen) atoms. The summed E-state index contributed by atoms with van der Waals surface area (Å²) in [5, 5.41) is 11.8. The van der Waals surface area contributed by atoms with Gasteiger partial charge in [0.1, 0.15) is 5.82 Å². The lowest BCUT2D eigenvalue weighted by Crippen LogP contribution is -2.43. The molecule has 4 rings (SSSR count). The average Bonchev–Trinajstić information content (AvgIpc) is 3.01. The molecule has 6 heteroatoms. The molecule has 130 valence electrons. The number of piperazine rings is 1. The topological polar surface area (TPSA) is 60.1 Å². The summed E-state index contributed by atoms with van der Waals surface area (Å²) in [4.78, 5) is 9.37. The molecule has 0 amide bonds. The Morgan fingerprint density at radius 2 is 1.84 bits per heavy atom. The molecule has 3 aromatic rings. The van der Waals surface area contributed by atoms with Crippen LogP contribution in [0.25, 0.3) is 10.9 Å². The standard InChI is InChI=1S/C19H24N6/c1-14-18-17(23-22-14)7-8-20-19(18)21-16-5-3-15(4-6-16)13-25-11-9-24(2)10-12-25/h3-8H,9-13H2,1-2H3,(H,20,21)(H,22,23). The molecule has 1 aliphatic rings. The van der Waals surface area contributed by atoms with Crippen LogP contribution in [-0.4, -0.2) is 58.2 Å². The number of nitrogens with zero attached hydrogens (tertiary/aromatic N) is 4. The van der Waals surface area contributed by atoms with Crippen molar-refractivity contribution in [1.82, 2.24) is 25.0 Å². The average molecular weight is 336 g/mol. The van der Waals surface area contributed by atoms with E-state index < -0.39 is 0 Å². The number of rotatable bonds is 4. The minimum atomic E-state index is 0.843. The Labute approximate surface area is 147 Å². The van der Waals surface area contributed by atoms with Gasteiger partial charge in [-0.2, -0.15) is 5.10 Å². The molecule has 1 aromatic carbocycles. The Kier molecular flexibility index (Phi) is 4.38. The molecule has 0 unspecified atom stereocenters. The van der Waals surface area contributed by atoms with Gasteiger partial charge < -0.3 is 10.2 Å². The number of pyridine rings is 1. The molecule has 3 heterocycles. The van der Waals surface area contributed by atoms with Gasteiger partial charge in [-0.3, -0.25) is 10.00 Å². The maximum atomic E-state index is 4.47. The van der Waals surface area contributed by atoms with Crippen LogP contribution >= 0.6 is 0 Å². The van der Waals surface area contributed by atoms with Crippen molar-refractivity contribution in [3.63, 3.8) is 0 Å². The molecular weight excluding hydrogens is 312 g/mol. The highest BCUT2D eigenvalue weighted by molar-refractivity contribution is 5.92. The van der Waals surface area contributed by atoms with E-state index in [0.717, 1.165) is 60.8 Å². The van der Waals surface area contributed by atoms with E-state index in [-0.39, 0.29) is 0 Å². The second-order valence-corrected chi connectivity index (χ2v) is 6.80. The molecule has 0 bridgehead atoms. The van der Waals surface area contributed by atoms with Crippen LogP contribution in [0.3, 0.4) is 0 Å². The molecule has 1 aliphatic heterocycles. The zero-order valence-corrected chi connectivity index (χ0v) is 14.8. The number of aromatic nitrogens is 3. The van der Waals surface area contributed by atoms with E-state index in [1.807, 2.05) is 13.0 Å². The van der Waals surface area contributed by atoms with Crippen molar-refractivity contribution in [3.8, 4) is 0 Å². The Morgan fingerprint density at radius 3 is 2.60 bits per heavy atom. The molecule has 0 radical (unpaired) electrons. The molecule has 0 aliphatic carbocycles. The van der Waals surface area contributed by atoms with Gasteiger partial charge in [-0.05, 0) is 37.7 Å². The molecule has 0 atom stereocenters. The van der Waals surface area contributed by atoms with E-state index in [1.165, 1.54) is 5.56 Å². The number of benzene rings is 1. The van der Waals surface area contributed by atoms with Crippen LogP contribution in [0, 0.1) is 6.92 Å². The Bertz CT molecular complexity index is 846. The lowest BCUT2D eigenvalue weighted by molar-refractivity contribution is 0.148. The number of aryl methyl sites for hydroxylation is 1. The summed E-state index contributed by atoms with van der Waals surface area (Å²) in [5.41, 5.74) is 4.35. The molecule has 6 nitrogen and oxygen atoms in total. The third-order valence-corrected chi connectivity index (χ3v) is 4.87. The predicted molar refractivity (Wildman–Crippen MR) is 101 cm³/mol. The first kappa shape index (κ1) is 16.1. The summed E-state index contributed by atoms with van der Waals surface area (Å²) in [6.45, 7) is 7.62. The molecular formula is C19H24N6. The first-order valence-corrected chi connectivity index (χ1v) is 8.75. The van der Waals surface area contributed by atoms with Crippen molar-refractivity contribution in [2.75, 3.05) is 38.5 Å². The number of fused-ring (bicyclic) bond motifs is 1. The van der Waals surface area contributed by atoms with Crippen molar-refractivity contribution < 1.29 is 0 Å². The highest BCUT2D eigenvalue weighted by Crippen LogP contribution is 2.25. The highest BCUT2D eigenvalue weighted by Gasteiger charge is 2.14. The van der Waals surface area contributed by atoms with Gasteiger partial charge in [0.15, 0.2) is 0 Å². The van der Waals surface area contributed by atoms with Crippen LogP contribution in [0.1, 0.15) is 11.3 Å². The first-order chi connectivity index (χ1) is 12.2. The molecule has 1 fully saturated rings. The van der Waals surface area contributed by atoms with E-state index in [9.17, 15) is 0 Å². The van der Waals surface area contributed by atoms with Gasteiger partial charge in [-0.1, -0.05) is 12.1 Å². The number of hydrogen-bond acceptors (Lipinski definition) is 5. The van der Waals surface area contributed by atoms with Crippen LogP contribution in [0.4, 0.5) is 11.5 Å². The fraction of sp³-hybridized carbons (Fsp3) is 0.368. The van der Waals surface area contributed by atoms with Gasteiger partial charge >= 0.3 is 0 Å². The maximum absolute atomic E-state index is 4.47. The lowest BCUT2D eigenvalue weighted by Gasteiger charge is -2.32. The minimum absolute atomic E-state index is 0.843. The Hall–Kier alpha value is -2.44. The fourth-order valence-electron chi connectivity index (χ4n) is 3.30. The molecule has 1 saturated heterocycles. The molecule has 0 saturated carbocycles. The van der Waals surface area contributed by atoms with Gasteiger partial charge in [0.25, 0.3) is 0 Å². The lowest BCUT2D eigenvalue weighted by atomic mass is 10.1. The summed E-state index contributed by atoms with van der Waals surface area (Å²) < 4.78 is 0. The molecule has 2 N–H and O–H groups in total. The van der Waals surface area contributed by atoms with Crippen LogP contribution < -0.4 is 5.32 Å². The maximum Gasteiger partial charge on any atom is 0.141 e. The van der Waals surface area contributed by atoms with Crippen LogP contribution in [0.2, 0.25) is 0 Å². The van der Waals surface area contributed by atoms with Gasteiger partial charge in [0.2, 0.25) is 0 Å². The molecule has 0 spiro atoms. The molecule has 2 aromatic heterocycles. The van der Waals surface area contributed by atoms with E-state index in [1.54, 1.807) is 6.20 Å². The predicted octanol–water partition coefficient (Wildman–Crippen LogP) is 2.76. The highest BCUT2D eigenvalue weighted by atomic mass is 15.2. The summed E-state index contributed by atoms with van der Waals surface area (Å²) >= 11 is 0. The van der Waals surface area contributed by atoms with Gasteiger partial charge in [0.05, 0.1) is 10.9 Å². The second-order valence-electron chi connectivity index (χ2n) is 6.80. The van der Waals surface area contributed by atoms with Crippen LogP contribution in [0.15, 0.2) is 36.5 Å². The number of likely N-dealkylation sites (N-methyl/N-ethyl adjacent to an activating group) is 1. The van der Waals surface area contributed by atoms with E-state index in [0.29, 0.717) is 0 Å². The Balaban J connectivity index is 1.46. The summed E-state index contributed by atoms with van der Waals surface area (Å²) in [6.07, 6.45) is 1.78. The monoisotopic (exact) mass is 336 g/mol. The largest absolute Gasteiger partial charge is 0.340 e. The zero-order chi connectivity index (χ0) is 17.2. The van der Waals surface area contributed by atoms with Crippen molar-refractivity contribution >= 4 is 22.4 Å². The zero-order valence-electron chi connectivity index (χ0n) is 14.8. The number of nitrogens with one attached hydrogen (secondary N) is 2. The second kappa shape index (κ2) is 6.82. The van der Waals surface area contributed by atoms with Gasteiger partial charge in [-0.25, -0.2) is 4.98 Å². The summed E-state index contributed by atoms with van der Waals surface area (Å²) in [7, 11) is 2.19. The van der Waals surface area contributed by atoms with Gasteiger partial charge in [0, 0.05) is 50.3 Å². The number of aromatic amines is 1. The van der Waals surface area contributed by atoms with E-state index >= 15 is 0 Å². The summed E-state index contributed by atoms with van der Waals surface area (Å²) in [5.74, 6) is 0.843. The third kappa shape index (κ3) is 3.50. The van der Waals surface area contributed by atoms with Gasteiger partial charge in [-0.15, -0.1) is 0 Å². The fourth-order valence-corrected chi connectivity index (χ4v) is 3.30. The normalized spacial score (nSPS) is 16.4. The summed E-state index contributed by atoms with van der Waals surface area (Å²) in [6, 6.07) is 10.6. The SMILES string of the molecule is Cc1[nH]nc2ccnc(Nc3ccc(CN4CCN(C)CC4)cc3)c12. The number of hydrogen-bond donors (Lipinski definition) is 2. The number of anilines is 2. The van der Waals surface area contributed by atoms with E-state index in [2.05, 4.69) is 61.6 Å². The first-order valence-electron chi connectivity index (χ1n) is 8.75. The third-order valence-electron chi connectivity index (χ3n) is 4.87. The Morgan fingerprint density at radius 1 is 1.08 bits per heavy atom. The smallest absolute Gasteiger partial charge is 0.141 e. The van der Waals surface area contributed by atoms with Crippen molar-refractivity contribution in [2.45, 2.75) is 13.5 Å². The van der Waals surface area contributed by atoms with Crippen molar-refractivity contribution in [2.24, 2.45) is 0 Å². The quantitative estimate of drug-likeness (QED) is 0.767. The van der Waals surface area contributed by atoms with Crippen LogP contribution in [-0.2, 0) is 6.54 Å². The van der Waals surface area contributed by atoms with Crippen LogP contribution in [0.5, 0.6) is 0 Å². The van der Waals surface area contributed by atoms with Crippen molar-refractivity contribution in [3.05, 3.63) is 47.8 Å². The minimum Gasteiger partial charge on any atom is -0.340 e.